The zero-order valence-corrected chi connectivity index (χ0v) is 20.4. The van der Waals surface area contributed by atoms with Crippen molar-refractivity contribution in [1.82, 2.24) is 4.98 Å². The molecule has 33 heavy (non-hydrogen) atoms. The molecule has 3 nitrogen and oxygen atoms in total. The number of hydrogen-bond donors (Lipinski definition) is 0. The van der Waals surface area contributed by atoms with Gasteiger partial charge in [-0.2, -0.15) is 0 Å². The number of anilines is 1. The number of halogens is 1. The third-order valence-electron chi connectivity index (χ3n) is 5.86. The van der Waals surface area contributed by atoms with Crippen LogP contribution < -0.4 is 4.90 Å². The van der Waals surface area contributed by atoms with E-state index in [1.807, 2.05) is 58.8 Å². The third kappa shape index (κ3) is 5.52. The quantitative estimate of drug-likeness (QED) is 0.262. The summed E-state index contributed by atoms with van der Waals surface area (Å²) >= 11 is 7.53. The van der Waals surface area contributed by atoms with E-state index >= 15 is 0 Å². The third-order valence-corrected chi connectivity index (χ3v) is 6.95. The number of aromatic nitrogens is 1. The van der Waals surface area contributed by atoms with E-state index in [0.717, 1.165) is 46.8 Å². The van der Waals surface area contributed by atoms with Crippen LogP contribution in [0.1, 0.15) is 41.8 Å². The number of amides is 1. The molecule has 0 aliphatic rings. The van der Waals surface area contributed by atoms with Crippen LogP contribution in [0.3, 0.4) is 0 Å². The van der Waals surface area contributed by atoms with Crippen LogP contribution in [0.2, 0.25) is 5.02 Å². The zero-order valence-electron chi connectivity index (χ0n) is 18.9. The minimum atomic E-state index is 0.00465. The lowest BCUT2D eigenvalue weighted by molar-refractivity contribution is 0.0977. The molecular weight excluding hydrogens is 448 g/mol. The van der Waals surface area contributed by atoms with E-state index in [4.69, 9.17) is 16.6 Å². The van der Waals surface area contributed by atoms with Crippen LogP contribution in [0.15, 0.2) is 84.2 Å². The highest BCUT2D eigenvalue weighted by Crippen LogP contribution is 2.31. The van der Waals surface area contributed by atoms with E-state index in [2.05, 4.69) is 44.2 Å². The molecule has 0 unspecified atom stereocenters. The summed E-state index contributed by atoms with van der Waals surface area (Å²) in [5.41, 5.74) is 4.92. The number of aryl methyl sites for hydroxylation is 2. The minimum Gasteiger partial charge on any atom is -0.281 e. The number of hydrogen-bond acceptors (Lipinski definition) is 3. The predicted octanol–water partition coefficient (Wildman–Crippen LogP) is 7.69. The van der Waals surface area contributed by atoms with E-state index in [1.54, 1.807) is 0 Å². The molecule has 4 rings (SSSR count). The van der Waals surface area contributed by atoms with Gasteiger partial charge in [-0.1, -0.05) is 79.2 Å². The van der Waals surface area contributed by atoms with Gasteiger partial charge < -0.3 is 0 Å². The highest BCUT2D eigenvalue weighted by molar-refractivity contribution is 7.14. The highest BCUT2D eigenvalue weighted by Gasteiger charge is 2.26. The Kier molecular flexibility index (Phi) is 7.58. The number of carbonyl (C=O) groups is 1. The second kappa shape index (κ2) is 10.8. The number of rotatable bonds is 8. The summed E-state index contributed by atoms with van der Waals surface area (Å²) in [5.74, 6) is 0.00465. The fourth-order valence-corrected chi connectivity index (χ4v) is 4.85. The average molecular weight is 475 g/mol. The Morgan fingerprint density at radius 3 is 2.39 bits per heavy atom. The Morgan fingerprint density at radius 1 is 0.970 bits per heavy atom. The van der Waals surface area contributed by atoms with Crippen LogP contribution >= 0.6 is 22.9 Å². The molecule has 0 N–H and O–H groups in total. The Labute approximate surface area is 204 Å². The SMILES string of the molecule is CC[C@H](C)N(C(=O)c1ccccc1CCc1ccccc1)c1nc(-c2ccc(Cl)cc2)cs1. The first-order valence-electron chi connectivity index (χ1n) is 11.2. The molecule has 0 spiro atoms. The van der Waals surface area contributed by atoms with Crippen LogP contribution in [0.25, 0.3) is 11.3 Å². The Bertz CT molecular complexity index is 1200. The van der Waals surface area contributed by atoms with E-state index in [1.165, 1.54) is 16.9 Å². The molecule has 1 atom stereocenters. The fourth-order valence-electron chi connectivity index (χ4n) is 3.79. The second-order valence-electron chi connectivity index (χ2n) is 8.10. The monoisotopic (exact) mass is 474 g/mol. The Morgan fingerprint density at radius 2 is 1.67 bits per heavy atom. The van der Waals surface area contributed by atoms with Crippen LogP contribution in [-0.2, 0) is 12.8 Å². The van der Waals surface area contributed by atoms with Gasteiger partial charge in [0, 0.05) is 27.6 Å². The van der Waals surface area contributed by atoms with Crippen LogP contribution in [0.4, 0.5) is 5.13 Å². The summed E-state index contributed by atoms with van der Waals surface area (Å²) in [6.45, 7) is 4.17. The van der Waals surface area contributed by atoms with Crippen molar-refractivity contribution >= 4 is 34.0 Å². The lowest BCUT2D eigenvalue weighted by atomic mass is 9.98. The van der Waals surface area contributed by atoms with Gasteiger partial charge in [-0.05, 0) is 55.5 Å². The van der Waals surface area contributed by atoms with Gasteiger partial charge in [-0.25, -0.2) is 4.98 Å². The van der Waals surface area contributed by atoms with Crippen molar-refractivity contribution in [3.05, 3.63) is 106 Å². The minimum absolute atomic E-state index is 0.00465. The van der Waals surface area contributed by atoms with Crippen molar-refractivity contribution in [2.75, 3.05) is 4.90 Å². The van der Waals surface area contributed by atoms with E-state index in [-0.39, 0.29) is 11.9 Å². The maximum Gasteiger partial charge on any atom is 0.260 e. The molecule has 0 bridgehead atoms. The van der Waals surface area contributed by atoms with Gasteiger partial charge >= 0.3 is 0 Å². The summed E-state index contributed by atoms with van der Waals surface area (Å²) in [5, 5.41) is 3.41. The summed E-state index contributed by atoms with van der Waals surface area (Å²) in [6.07, 6.45) is 2.55. The van der Waals surface area contributed by atoms with Crippen molar-refractivity contribution in [2.45, 2.75) is 39.2 Å². The van der Waals surface area contributed by atoms with Crippen LogP contribution in [0, 0.1) is 0 Å². The van der Waals surface area contributed by atoms with Gasteiger partial charge in [0.1, 0.15) is 0 Å². The molecule has 1 aromatic heterocycles. The van der Waals surface area contributed by atoms with E-state index in [0.29, 0.717) is 5.02 Å². The Hall–Kier alpha value is -2.95. The summed E-state index contributed by atoms with van der Waals surface area (Å²) in [6, 6.07) is 26.0. The first-order chi connectivity index (χ1) is 16.1. The first kappa shape index (κ1) is 23.2. The number of carbonyl (C=O) groups excluding carboxylic acids is 1. The fraction of sp³-hybridized carbons (Fsp3) is 0.214. The molecule has 1 amide bonds. The van der Waals surface area contributed by atoms with Crippen molar-refractivity contribution in [2.24, 2.45) is 0 Å². The average Bonchev–Trinajstić information content (AvgIpc) is 3.33. The van der Waals surface area contributed by atoms with Gasteiger partial charge in [0.15, 0.2) is 5.13 Å². The normalized spacial score (nSPS) is 11.8. The van der Waals surface area contributed by atoms with Gasteiger partial charge in [-0.15, -0.1) is 11.3 Å². The summed E-state index contributed by atoms with van der Waals surface area (Å²) < 4.78 is 0. The smallest absolute Gasteiger partial charge is 0.260 e. The summed E-state index contributed by atoms with van der Waals surface area (Å²) in [7, 11) is 0. The predicted molar refractivity (Wildman–Crippen MR) is 139 cm³/mol. The lowest BCUT2D eigenvalue weighted by Gasteiger charge is -2.27. The van der Waals surface area contributed by atoms with Crippen LogP contribution in [0.5, 0.6) is 0 Å². The standard InChI is InChI=1S/C28H27ClN2OS/c1-3-20(2)31(28-30-26(19-33-28)23-15-17-24(29)18-16-23)27(32)25-12-8-7-11-22(25)14-13-21-9-5-4-6-10-21/h4-12,15-20H,3,13-14H2,1-2H3/t20-/m0/s1. The number of benzene rings is 3. The van der Waals surface area contributed by atoms with Crippen molar-refractivity contribution in [1.29, 1.82) is 0 Å². The summed E-state index contributed by atoms with van der Waals surface area (Å²) in [4.78, 5) is 20.5. The van der Waals surface area contributed by atoms with Crippen LogP contribution in [-0.4, -0.2) is 16.9 Å². The maximum atomic E-state index is 13.8. The molecule has 0 aliphatic heterocycles. The number of nitrogens with zero attached hydrogens (tertiary/aromatic N) is 2. The maximum absolute atomic E-state index is 13.8. The molecule has 4 aromatic rings. The topological polar surface area (TPSA) is 33.2 Å². The molecule has 0 radical (unpaired) electrons. The largest absolute Gasteiger partial charge is 0.281 e. The number of thiazole rings is 1. The first-order valence-corrected chi connectivity index (χ1v) is 12.5. The molecular formula is C28H27ClN2OS. The van der Waals surface area contributed by atoms with E-state index < -0.39 is 0 Å². The van der Waals surface area contributed by atoms with Gasteiger partial charge in [-0.3, -0.25) is 9.69 Å². The van der Waals surface area contributed by atoms with E-state index in [9.17, 15) is 4.79 Å². The van der Waals surface area contributed by atoms with Gasteiger partial charge in [0.25, 0.3) is 5.91 Å². The molecule has 0 aliphatic carbocycles. The van der Waals surface area contributed by atoms with Crippen molar-refractivity contribution < 1.29 is 4.79 Å². The van der Waals surface area contributed by atoms with Crippen molar-refractivity contribution in [3.63, 3.8) is 0 Å². The molecule has 0 saturated heterocycles. The second-order valence-corrected chi connectivity index (χ2v) is 9.37. The van der Waals surface area contributed by atoms with Gasteiger partial charge in [0.05, 0.1) is 5.69 Å². The molecule has 0 fully saturated rings. The molecule has 3 aromatic carbocycles. The van der Waals surface area contributed by atoms with Crippen molar-refractivity contribution in [3.8, 4) is 11.3 Å². The highest BCUT2D eigenvalue weighted by atomic mass is 35.5. The molecule has 0 saturated carbocycles. The molecule has 1 heterocycles. The molecule has 168 valence electrons. The lowest BCUT2D eigenvalue weighted by Crippen LogP contribution is -2.39. The molecule has 5 heteroatoms. The Balaban J connectivity index is 1.62. The zero-order chi connectivity index (χ0) is 23.2. The van der Waals surface area contributed by atoms with Gasteiger partial charge in [0.2, 0.25) is 0 Å².